The van der Waals surface area contributed by atoms with Crippen molar-refractivity contribution in [3.05, 3.63) is 65.9 Å². The summed E-state index contributed by atoms with van der Waals surface area (Å²) in [5, 5.41) is 1.04. The highest BCUT2D eigenvalue weighted by Crippen LogP contribution is 2.22. The Morgan fingerprint density at radius 2 is 1.50 bits per heavy atom. The normalized spacial score (nSPS) is 10.8. The summed E-state index contributed by atoms with van der Waals surface area (Å²) in [6.45, 7) is 2.03. The van der Waals surface area contributed by atoms with Gasteiger partial charge in [0, 0.05) is 5.75 Å². The van der Waals surface area contributed by atoms with Gasteiger partial charge in [0.05, 0.1) is 16.7 Å². The van der Waals surface area contributed by atoms with E-state index in [9.17, 15) is 0 Å². The molecule has 3 rings (SSSR count). The number of aryl methyl sites for hydroxylation is 2. The van der Waals surface area contributed by atoms with E-state index in [2.05, 4.69) is 35.3 Å². The summed E-state index contributed by atoms with van der Waals surface area (Å²) in [6.07, 6.45) is 1.06. The van der Waals surface area contributed by atoms with Crippen molar-refractivity contribution in [2.45, 2.75) is 18.4 Å². The molecule has 2 aromatic carbocycles. The van der Waals surface area contributed by atoms with Gasteiger partial charge in [0.1, 0.15) is 5.03 Å². The molecule has 0 aliphatic heterocycles. The molecule has 2 nitrogen and oxygen atoms in total. The van der Waals surface area contributed by atoms with Crippen molar-refractivity contribution in [3.63, 3.8) is 0 Å². The highest BCUT2D eigenvalue weighted by Gasteiger charge is 2.05. The predicted octanol–water partition coefficient (Wildman–Crippen LogP) is 4.27. The molecule has 100 valence electrons. The molecule has 1 aromatic heterocycles. The Labute approximate surface area is 123 Å². The van der Waals surface area contributed by atoms with Crippen LogP contribution in [0.25, 0.3) is 11.0 Å². The van der Waals surface area contributed by atoms with Gasteiger partial charge in [-0.25, -0.2) is 9.97 Å². The first-order valence-corrected chi connectivity index (χ1v) is 7.71. The van der Waals surface area contributed by atoms with Crippen LogP contribution < -0.4 is 0 Å². The quantitative estimate of drug-likeness (QED) is 0.667. The van der Waals surface area contributed by atoms with Crippen LogP contribution in [-0.4, -0.2) is 15.7 Å². The zero-order chi connectivity index (χ0) is 13.8. The fourth-order valence-electron chi connectivity index (χ4n) is 2.12. The maximum atomic E-state index is 4.71. The maximum absolute atomic E-state index is 4.71. The Morgan fingerprint density at radius 3 is 2.25 bits per heavy atom. The largest absolute Gasteiger partial charge is 0.249 e. The summed E-state index contributed by atoms with van der Waals surface area (Å²) >= 11 is 1.78. The second kappa shape index (κ2) is 6.06. The van der Waals surface area contributed by atoms with Crippen molar-refractivity contribution in [2.24, 2.45) is 0 Å². The van der Waals surface area contributed by atoms with Gasteiger partial charge in [0.2, 0.25) is 0 Å². The molecule has 0 saturated carbocycles. The van der Waals surface area contributed by atoms with E-state index >= 15 is 0 Å². The average molecular weight is 280 g/mol. The predicted molar refractivity (Wildman–Crippen MR) is 85.1 cm³/mol. The van der Waals surface area contributed by atoms with Gasteiger partial charge in [-0.2, -0.15) is 0 Å². The first kappa shape index (κ1) is 13.1. The molecule has 0 radical (unpaired) electrons. The Kier molecular flexibility index (Phi) is 3.97. The fourth-order valence-corrected chi connectivity index (χ4v) is 3.07. The molecule has 0 saturated heterocycles. The van der Waals surface area contributed by atoms with Crippen LogP contribution >= 0.6 is 11.8 Å². The SMILES string of the molecule is Cc1nc2ccccc2nc1SCCc1ccccc1. The van der Waals surface area contributed by atoms with Gasteiger partial charge in [-0.3, -0.25) is 0 Å². The Balaban J connectivity index is 1.72. The molecule has 0 aliphatic carbocycles. The minimum Gasteiger partial charge on any atom is -0.249 e. The molecular weight excluding hydrogens is 264 g/mol. The van der Waals surface area contributed by atoms with Crippen molar-refractivity contribution in [3.8, 4) is 0 Å². The number of hydrogen-bond donors (Lipinski definition) is 0. The monoisotopic (exact) mass is 280 g/mol. The topological polar surface area (TPSA) is 25.8 Å². The second-order valence-corrected chi connectivity index (χ2v) is 5.77. The number of nitrogens with zero attached hydrogens (tertiary/aromatic N) is 2. The van der Waals surface area contributed by atoms with E-state index < -0.39 is 0 Å². The lowest BCUT2D eigenvalue weighted by Gasteiger charge is -2.06. The van der Waals surface area contributed by atoms with Crippen molar-refractivity contribution < 1.29 is 0 Å². The third-order valence-electron chi connectivity index (χ3n) is 3.17. The number of aromatic nitrogens is 2. The molecule has 3 aromatic rings. The lowest BCUT2D eigenvalue weighted by molar-refractivity contribution is 1.03. The molecule has 20 heavy (non-hydrogen) atoms. The van der Waals surface area contributed by atoms with E-state index in [0.717, 1.165) is 33.9 Å². The first-order valence-electron chi connectivity index (χ1n) is 6.73. The van der Waals surface area contributed by atoms with Crippen LogP contribution in [-0.2, 0) is 6.42 Å². The second-order valence-electron chi connectivity index (χ2n) is 4.69. The summed E-state index contributed by atoms with van der Waals surface area (Å²) in [4.78, 5) is 9.32. The lowest BCUT2D eigenvalue weighted by Crippen LogP contribution is -1.95. The number of thioether (sulfide) groups is 1. The lowest BCUT2D eigenvalue weighted by atomic mass is 10.2. The summed E-state index contributed by atoms with van der Waals surface area (Å²) in [5.74, 6) is 1.03. The summed E-state index contributed by atoms with van der Waals surface area (Å²) in [7, 11) is 0. The van der Waals surface area contributed by atoms with Gasteiger partial charge >= 0.3 is 0 Å². The van der Waals surface area contributed by atoms with Gasteiger partial charge in [-0.1, -0.05) is 42.5 Å². The van der Waals surface area contributed by atoms with Crippen LogP contribution in [0.5, 0.6) is 0 Å². The molecule has 0 N–H and O–H groups in total. The van der Waals surface area contributed by atoms with Gasteiger partial charge in [-0.05, 0) is 31.0 Å². The molecule has 0 atom stereocenters. The Morgan fingerprint density at radius 1 is 0.850 bits per heavy atom. The Hall–Kier alpha value is -1.87. The van der Waals surface area contributed by atoms with Crippen LogP contribution in [0.1, 0.15) is 11.3 Å². The molecule has 0 spiro atoms. The number of fused-ring (bicyclic) bond motifs is 1. The molecule has 0 fully saturated rings. The number of benzene rings is 2. The third kappa shape index (κ3) is 2.99. The fraction of sp³-hybridized carbons (Fsp3) is 0.176. The van der Waals surface area contributed by atoms with Crippen LogP contribution in [0, 0.1) is 6.92 Å². The standard InChI is InChI=1S/C17H16N2S/c1-13-17(19-16-10-6-5-9-15(16)18-13)20-12-11-14-7-3-2-4-8-14/h2-10H,11-12H2,1H3. The number of rotatable bonds is 4. The molecule has 0 unspecified atom stereocenters. The van der Waals surface area contributed by atoms with Gasteiger partial charge < -0.3 is 0 Å². The third-order valence-corrected chi connectivity index (χ3v) is 4.24. The van der Waals surface area contributed by atoms with Crippen molar-refractivity contribution in [1.82, 2.24) is 9.97 Å². The summed E-state index contributed by atoms with van der Waals surface area (Å²) in [6, 6.07) is 18.6. The van der Waals surface area contributed by atoms with E-state index in [-0.39, 0.29) is 0 Å². The molecule has 0 bridgehead atoms. The molecule has 1 heterocycles. The van der Waals surface area contributed by atoms with Crippen LogP contribution in [0.2, 0.25) is 0 Å². The molecule has 0 aliphatic rings. The van der Waals surface area contributed by atoms with Crippen LogP contribution in [0.3, 0.4) is 0 Å². The van der Waals surface area contributed by atoms with E-state index in [0.29, 0.717) is 0 Å². The van der Waals surface area contributed by atoms with E-state index in [1.807, 2.05) is 31.2 Å². The molecule has 3 heteroatoms. The van der Waals surface area contributed by atoms with Gasteiger partial charge in [-0.15, -0.1) is 11.8 Å². The van der Waals surface area contributed by atoms with E-state index in [1.54, 1.807) is 11.8 Å². The van der Waals surface area contributed by atoms with Crippen LogP contribution in [0.15, 0.2) is 59.6 Å². The number of para-hydroxylation sites is 2. The van der Waals surface area contributed by atoms with Gasteiger partial charge in [0.25, 0.3) is 0 Å². The van der Waals surface area contributed by atoms with Gasteiger partial charge in [0.15, 0.2) is 0 Å². The average Bonchev–Trinajstić information content (AvgIpc) is 2.49. The van der Waals surface area contributed by atoms with Crippen LogP contribution in [0.4, 0.5) is 0 Å². The first-order chi connectivity index (χ1) is 9.83. The minimum atomic E-state index is 0.970. The smallest absolute Gasteiger partial charge is 0.118 e. The summed E-state index contributed by atoms with van der Waals surface area (Å²) < 4.78 is 0. The highest BCUT2D eigenvalue weighted by atomic mass is 32.2. The highest BCUT2D eigenvalue weighted by molar-refractivity contribution is 7.99. The summed E-state index contributed by atoms with van der Waals surface area (Å²) in [5.41, 5.74) is 4.32. The minimum absolute atomic E-state index is 0.970. The van der Waals surface area contributed by atoms with Crippen molar-refractivity contribution in [2.75, 3.05) is 5.75 Å². The van der Waals surface area contributed by atoms with E-state index in [1.165, 1.54) is 5.56 Å². The molecular formula is C17H16N2S. The van der Waals surface area contributed by atoms with Crippen molar-refractivity contribution in [1.29, 1.82) is 0 Å². The zero-order valence-corrected chi connectivity index (χ0v) is 12.2. The molecule has 0 amide bonds. The van der Waals surface area contributed by atoms with E-state index in [4.69, 9.17) is 4.98 Å². The Bertz CT molecular complexity index is 711. The zero-order valence-electron chi connectivity index (χ0n) is 11.4. The van der Waals surface area contributed by atoms with Crippen molar-refractivity contribution >= 4 is 22.8 Å². The maximum Gasteiger partial charge on any atom is 0.118 e. The number of hydrogen-bond acceptors (Lipinski definition) is 3.